The minimum Gasteiger partial charge on any atom is -0.310 e. The summed E-state index contributed by atoms with van der Waals surface area (Å²) in [5.74, 6) is -1.11. The largest absolute Gasteiger partial charge is 0.391 e. The topological polar surface area (TPSA) is 29.9 Å². The van der Waals surface area contributed by atoms with E-state index < -0.39 is 12.1 Å². The summed E-state index contributed by atoms with van der Waals surface area (Å²) in [5.41, 5.74) is 3.26. The van der Waals surface area contributed by atoms with E-state index in [1.54, 1.807) is 0 Å². The van der Waals surface area contributed by atoms with Crippen molar-refractivity contribution < 1.29 is 13.2 Å². The van der Waals surface area contributed by atoms with Crippen LogP contribution in [0.2, 0.25) is 0 Å². The van der Waals surface area contributed by atoms with Crippen LogP contribution in [0.5, 0.6) is 0 Å². The zero-order chi connectivity index (χ0) is 14.9. The number of alkyl halides is 3. The Labute approximate surface area is 117 Å². The first-order valence-electron chi connectivity index (χ1n) is 7.08. The van der Waals surface area contributed by atoms with Gasteiger partial charge in [0.2, 0.25) is 0 Å². The van der Waals surface area contributed by atoms with E-state index >= 15 is 0 Å². The molecule has 1 aromatic heterocycles. The number of hydrogen-bond donors (Lipinski definition) is 1. The highest BCUT2D eigenvalue weighted by Crippen LogP contribution is 2.37. The van der Waals surface area contributed by atoms with Crippen molar-refractivity contribution in [2.75, 3.05) is 0 Å². The second-order valence-electron chi connectivity index (χ2n) is 5.74. The molecule has 1 N–H and O–H groups in total. The normalized spacial score (nSPS) is 24.1. The Balaban J connectivity index is 1.85. The number of hydrogen-bond acceptors (Lipinski definition) is 2. The van der Waals surface area contributed by atoms with Gasteiger partial charge < -0.3 is 5.32 Å². The lowest BCUT2D eigenvalue weighted by molar-refractivity contribution is -0.182. The van der Waals surface area contributed by atoms with Crippen molar-refractivity contribution in [1.29, 1.82) is 0 Å². The Morgan fingerprint density at radius 3 is 2.25 bits per heavy atom. The Morgan fingerprint density at radius 2 is 1.80 bits per heavy atom. The molecule has 0 bridgehead atoms. The molecule has 6 heteroatoms. The molecule has 0 atom stereocenters. The fourth-order valence-corrected chi connectivity index (χ4v) is 2.94. The van der Waals surface area contributed by atoms with E-state index in [-0.39, 0.29) is 18.9 Å². The number of nitrogens with zero attached hydrogens (tertiary/aromatic N) is 2. The molecule has 0 spiro atoms. The molecule has 0 radical (unpaired) electrons. The molecule has 20 heavy (non-hydrogen) atoms. The van der Waals surface area contributed by atoms with Gasteiger partial charge >= 0.3 is 6.18 Å². The molecular weight excluding hydrogens is 267 g/mol. The smallest absolute Gasteiger partial charge is 0.310 e. The van der Waals surface area contributed by atoms with Crippen LogP contribution in [0.15, 0.2) is 0 Å². The van der Waals surface area contributed by atoms with Crippen LogP contribution in [0.3, 0.4) is 0 Å². The van der Waals surface area contributed by atoms with Crippen LogP contribution in [-0.2, 0) is 13.6 Å². The standard InChI is InChI=1S/C14H22F3N3/c1-9-13(10(2)20(3)19-9)8-18-12-6-4-11(5-7-12)14(15,16)17/h11-12,18H,4-8H2,1-3H3. The molecule has 0 amide bonds. The zero-order valence-electron chi connectivity index (χ0n) is 12.2. The van der Waals surface area contributed by atoms with E-state index in [1.165, 1.54) is 0 Å². The molecule has 1 aromatic rings. The van der Waals surface area contributed by atoms with E-state index in [4.69, 9.17) is 0 Å². The second kappa shape index (κ2) is 5.76. The third-order valence-corrected chi connectivity index (χ3v) is 4.42. The van der Waals surface area contributed by atoms with Gasteiger partial charge in [-0.2, -0.15) is 18.3 Å². The number of aryl methyl sites for hydroxylation is 2. The van der Waals surface area contributed by atoms with Gasteiger partial charge in [0.25, 0.3) is 0 Å². The van der Waals surface area contributed by atoms with Crippen LogP contribution in [0.4, 0.5) is 13.2 Å². The maximum atomic E-state index is 12.6. The predicted octanol–water partition coefficient (Wildman–Crippen LogP) is 3.25. The number of aromatic nitrogens is 2. The van der Waals surface area contributed by atoms with E-state index in [9.17, 15) is 13.2 Å². The molecule has 1 aliphatic rings. The molecule has 3 nitrogen and oxygen atoms in total. The first-order chi connectivity index (χ1) is 9.29. The van der Waals surface area contributed by atoms with Crippen LogP contribution in [-0.4, -0.2) is 22.0 Å². The Kier molecular flexibility index (Phi) is 4.42. The summed E-state index contributed by atoms with van der Waals surface area (Å²) in [7, 11) is 1.90. The van der Waals surface area contributed by atoms with Gasteiger partial charge in [-0.3, -0.25) is 4.68 Å². The molecule has 0 aliphatic heterocycles. The number of nitrogens with one attached hydrogen (secondary N) is 1. The second-order valence-corrected chi connectivity index (χ2v) is 5.74. The van der Waals surface area contributed by atoms with Gasteiger partial charge in [0.05, 0.1) is 11.6 Å². The van der Waals surface area contributed by atoms with Gasteiger partial charge in [-0.1, -0.05) is 0 Å². The minimum atomic E-state index is -4.03. The van der Waals surface area contributed by atoms with Crippen molar-refractivity contribution in [2.45, 2.75) is 58.3 Å². The average Bonchev–Trinajstić information content (AvgIpc) is 2.61. The first-order valence-corrected chi connectivity index (χ1v) is 7.08. The summed E-state index contributed by atoms with van der Waals surface area (Å²) in [6, 6.07) is 0.188. The predicted molar refractivity (Wildman–Crippen MR) is 71.3 cm³/mol. The lowest BCUT2D eigenvalue weighted by Gasteiger charge is -2.30. The minimum absolute atomic E-state index is 0.188. The highest BCUT2D eigenvalue weighted by Gasteiger charge is 2.41. The maximum Gasteiger partial charge on any atom is 0.391 e. The van der Waals surface area contributed by atoms with Crippen LogP contribution in [0.25, 0.3) is 0 Å². The third kappa shape index (κ3) is 3.34. The zero-order valence-corrected chi connectivity index (χ0v) is 12.2. The SMILES string of the molecule is Cc1nn(C)c(C)c1CNC1CCC(C(F)(F)F)CC1. The Morgan fingerprint density at radius 1 is 1.20 bits per heavy atom. The average molecular weight is 289 g/mol. The van der Waals surface area contributed by atoms with Gasteiger partial charge in [-0.25, -0.2) is 0 Å². The Bertz CT molecular complexity index is 457. The van der Waals surface area contributed by atoms with Crippen molar-refractivity contribution in [3.05, 3.63) is 17.0 Å². The summed E-state index contributed by atoms with van der Waals surface area (Å²) in [4.78, 5) is 0. The summed E-state index contributed by atoms with van der Waals surface area (Å²) >= 11 is 0. The molecule has 1 heterocycles. The van der Waals surface area contributed by atoms with E-state index in [1.807, 2.05) is 25.6 Å². The van der Waals surface area contributed by atoms with Crippen LogP contribution in [0.1, 0.15) is 42.6 Å². The molecule has 1 aliphatic carbocycles. The van der Waals surface area contributed by atoms with Crippen molar-refractivity contribution in [2.24, 2.45) is 13.0 Å². The highest BCUT2D eigenvalue weighted by molar-refractivity contribution is 5.24. The summed E-state index contributed by atoms with van der Waals surface area (Å²) in [6.07, 6.45) is -2.34. The third-order valence-electron chi connectivity index (χ3n) is 4.42. The summed E-state index contributed by atoms with van der Waals surface area (Å²) < 4.78 is 39.6. The van der Waals surface area contributed by atoms with Crippen molar-refractivity contribution in [1.82, 2.24) is 15.1 Å². The van der Waals surface area contributed by atoms with E-state index in [2.05, 4.69) is 10.4 Å². The first kappa shape index (κ1) is 15.4. The van der Waals surface area contributed by atoms with Gasteiger partial charge in [0, 0.05) is 30.9 Å². The number of rotatable bonds is 3. The molecule has 1 fully saturated rings. The van der Waals surface area contributed by atoms with Crippen LogP contribution < -0.4 is 5.32 Å². The summed E-state index contributed by atoms with van der Waals surface area (Å²) in [5, 5.41) is 7.73. The lowest BCUT2D eigenvalue weighted by atomic mass is 9.85. The van der Waals surface area contributed by atoms with Crippen LogP contribution >= 0.6 is 0 Å². The molecule has 0 aromatic carbocycles. The van der Waals surface area contributed by atoms with Crippen LogP contribution in [0, 0.1) is 19.8 Å². The van der Waals surface area contributed by atoms with Gasteiger partial charge in [-0.05, 0) is 39.5 Å². The molecule has 0 saturated heterocycles. The van der Waals surface area contributed by atoms with E-state index in [0.717, 1.165) is 17.0 Å². The molecule has 0 unspecified atom stereocenters. The Hall–Kier alpha value is -1.04. The molecule has 2 rings (SSSR count). The molecular formula is C14H22F3N3. The van der Waals surface area contributed by atoms with Crippen molar-refractivity contribution in [3.8, 4) is 0 Å². The molecule has 1 saturated carbocycles. The number of halogens is 3. The van der Waals surface area contributed by atoms with Crippen molar-refractivity contribution >= 4 is 0 Å². The van der Waals surface area contributed by atoms with Gasteiger partial charge in [0.1, 0.15) is 0 Å². The molecule has 114 valence electrons. The maximum absolute atomic E-state index is 12.6. The fraction of sp³-hybridized carbons (Fsp3) is 0.786. The quantitative estimate of drug-likeness (QED) is 0.925. The highest BCUT2D eigenvalue weighted by atomic mass is 19.4. The summed E-state index contributed by atoms with van der Waals surface area (Å²) in [6.45, 7) is 4.66. The van der Waals surface area contributed by atoms with E-state index in [0.29, 0.717) is 19.4 Å². The van der Waals surface area contributed by atoms with Crippen molar-refractivity contribution in [3.63, 3.8) is 0 Å². The lowest BCUT2D eigenvalue weighted by Crippen LogP contribution is -2.36. The van der Waals surface area contributed by atoms with Gasteiger partial charge in [0.15, 0.2) is 0 Å². The van der Waals surface area contributed by atoms with Gasteiger partial charge in [-0.15, -0.1) is 0 Å². The monoisotopic (exact) mass is 289 g/mol. The fourth-order valence-electron chi connectivity index (χ4n) is 2.94.